The molecule has 1 atom stereocenters. The number of carboxylic acids is 1. The molecule has 1 aliphatic heterocycles. The van der Waals surface area contributed by atoms with Crippen LogP contribution in [0, 0.1) is 5.82 Å². The van der Waals surface area contributed by atoms with E-state index in [1.165, 1.54) is 23.7 Å². The van der Waals surface area contributed by atoms with E-state index in [0.717, 1.165) is 10.5 Å². The number of anilines is 3. The molecule has 0 bridgehead atoms. The Morgan fingerprint density at radius 3 is 2.50 bits per heavy atom. The van der Waals surface area contributed by atoms with Gasteiger partial charge in [-0.15, -0.1) is 0 Å². The highest BCUT2D eigenvalue weighted by atomic mass is 19.4. The number of amides is 2. The van der Waals surface area contributed by atoms with Crippen molar-refractivity contribution in [3.63, 3.8) is 0 Å². The maximum absolute atomic E-state index is 14.1. The lowest BCUT2D eigenvalue weighted by molar-refractivity contribution is -0.137. The molecule has 1 aromatic heterocycles. The van der Waals surface area contributed by atoms with Gasteiger partial charge in [-0.3, -0.25) is 9.47 Å². The third-order valence-corrected chi connectivity index (χ3v) is 6.73. The fourth-order valence-electron chi connectivity index (χ4n) is 4.53. The third kappa shape index (κ3) is 5.05. The van der Waals surface area contributed by atoms with Crippen molar-refractivity contribution in [2.45, 2.75) is 18.6 Å². The number of hydrogen-bond acceptors (Lipinski definition) is 5. The fraction of sp³-hybridized carbons (Fsp3) is 0.185. The van der Waals surface area contributed by atoms with Crippen molar-refractivity contribution < 1.29 is 32.3 Å². The van der Waals surface area contributed by atoms with Gasteiger partial charge in [0.2, 0.25) is 0 Å². The van der Waals surface area contributed by atoms with Gasteiger partial charge in [-0.25, -0.2) is 18.8 Å². The van der Waals surface area contributed by atoms with Crippen molar-refractivity contribution in [1.82, 2.24) is 9.55 Å². The molecule has 0 saturated heterocycles. The first-order valence-electron chi connectivity index (χ1n) is 12.0. The minimum absolute atomic E-state index is 0.0248. The second kappa shape index (κ2) is 9.98. The highest BCUT2D eigenvalue weighted by Gasteiger charge is 2.31. The predicted molar refractivity (Wildman–Crippen MR) is 139 cm³/mol. The van der Waals surface area contributed by atoms with Crippen molar-refractivity contribution >= 4 is 40.1 Å². The van der Waals surface area contributed by atoms with Crippen LogP contribution in [0.1, 0.15) is 27.4 Å². The van der Waals surface area contributed by atoms with Crippen molar-refractivity contribution in [3.8, 4) is 0 Å². The second-order valence-corrected chi connectivity index (χ2v) is 9.24. The Morgan fingerprint density at radius 1 is 1.10 bits per heavy atom. The molecule has 0 aliphatic carbocycles. The SMILES string of the molecule is CN(C(=O)Nc1cc(C(F)(F)F)ccc1F)c1ccc(C2CNc3c4ccc(C(=O)O)cc4nc(=O)n3C2)cc1. The van der Waals surface area contributed by atoms with Gasteiger partial charge in [-0.2, -0.15) is 18.2 Å². The number of rotatable bonds is 4. The predicted octanol–water partition coefficient (Wildman–Crippen LogP) is 5.13. The standard InChI is InChI=1S/C27H21F4N5O4/c1-35(25(39)34-22-11-17(27(29,30)31)5-9-20(22)28)18-6-2-14(3-7-18)16-12-32-23-19-8-4-15(24(37)38)10-21(19)33-26(40)36(23)13-16/h2-11,16,32H,12-13H2,1H3,(H,34,39)(H,37,38). The molecule has 206 valence electrons. The van der Waals surface area contributed by atoms with Crippen LogP contribution in [0.4, 0.5) is 39.5 Å². The lowest BCUT2D eigenvalue weighted by Crippen LogP contribution is -2.35. The van der Waals surface area contributed by atoms with Crippen LogP contribution in [0.5, 0.6) is 0 Å². The molecule has 2 heterocycles. The molecule has 2 amide bonds. The zero-order valence-corrected chi connectivity index (χ0v) is 20.8. The molecular formula is C27H21F4N5O4. The molecule has 3 N–H and O–H groups in total. The average molecular weight is 555 g/mol. The maximum Gasteiger partial charge on any atom is 0.416 e. The van der Waals surface area contributed by atoms with Crippen LogP contribution in [-0.2, 0) is 12.7 Å². The fourth-order valence-corrected chi connectivity index (χ4v) is 4.53. The number of fused-ring (bicyclic) bond motifs is 3. The highest BCUT2D eigenvalue weighted by molar-refractivity contribution is 6.01. The zero-order valence-electron chi connectivity index (χ0n) is 20.8. The first-order valence-corrected chi connectivity index (χ1v) is 12.0. The number of carbonyl (C=O) groups is 2. The molecule has 9 nitrogen and oxygen atoms in total. The number of nitrogens with one attached hydrogen (secondary N) is 2. The van der Waals surface area contributed by atoms with Crippen molar-refractivity contribution in [3.05, 3.63) is 93.7 Å². The van der Waals surface area contributed by atoms with E-state index in [1.54, 1.807) is 30.3 Å². The van der Waals surface area contributed by atoms with Gasteiger partial charge in [0.15, 0.2) is 0 Å². The summed E-state index contributed by atoms with van der Waals surface area (Å²) in [6, 6.07) is 12.1. The Morgan fingerprint density at radius 2 is 1.82 bits per heavy atom. The molecule has 0 fully saturated rings. The summed E-state index contributed by atoms with van der Waals surface area (Å²) in [4.78, 5) is 41.8. The van der Waals surface area contributed by atoms with E-state index in [9.17, 15) is 37.1 Å². The normalized spacial score (nSPS) is 14.8. The van der Waals surface area contributed by atoms with Crippen LogP contribution in [0.25, 0.3) is 10.9 Å². The van der Waals surface area contributed by atoms with E-state index in [-0.39, 0.29) is 17.0 Å². The largest absolute Gasteiger partial charge is 0.478 e. The van der Waals surface area contributed by atoms with Crippen LogP contribution >= 0.6 is 0 Å². The van der Waals surface area contributed by atoms with Gasteiger partial charge in [-0.1, -0.05) is 12.1 Å². The summed E-state index contributed by atoms with van der Waals surface area (Å²) < 4.78 is 54.5. The average Bonchev–Trinajstić information content (AvgIpc) is 2.92. The molecule has 0 saturated carbocycles. The molecule has 0 spiro atoms. The molecule has 1 aliphatic rings. The zero-order chi connectivity index (χ0) is 28.8. The topological polar surface area (TPSA) is 117 Å². The Labute approximate surface area is 223 Å². The van der Waals surface area contributed by atoms with Crippen molar-refractivity contribution in [1.29, 1.82) is 0 Å². The Balaban J connectivity index is 1.32. The summed E-state index contributed by atoms with van der Waals surface area (Å²) in [6.45, 7) is 0.763. The Kier molecular flexibility index (Phi) is 6.65. The summed E-state index contributed by atoms with van der Waals surface area (Å²) in [7, 11) is 1.39. The summed E-state index contributed by atoms with van der Waals surface area (Å²) >= 11 is 0. The molecule has 0 radical (unpaired) electrons. The van der Waals surface area contributed by atoms with Gasteiger partial charge in [-0.05, 0) is 54.1 Å². The number of urea groups is 1. The van der Waals surface area contributed by atoms with Gasteiger partial charge in [0, 0.05) is 37.1 Å². The number of carbonyl (C=O) groups excluding carboxylic acids is 1. The third-order valence-electron chi connectivity index (χ3n) is 6.73. The minimum Gasteiger partial charge on any atom is -0.478 e. The van der Waals surface area contributed by atoms with E-state index >= 15 is 0 Å². The number of benzene rings is 3. The van der Waals surface area contributed by atoms with Gasteiger partial charge in [0.1, 0.15) is 11.6 Å². The minimum atomic E-state index is -4.69. The summed E-state index contributed by atoms with van der Waals surface area (Å²) in [5.41, 5.74) is -0.677. The number of alkyl halides is 3. The van der Waals surface area contributed by atoms with Crippen molar-refractivity contribution in [2.75, 3.05) is 29.1 Å². The molecule has 40 heavy (non-hydrogen) atoms. The van der Waals surface area contributed by atoms with Crippen LogP contribution in [0.15, 0.2) is 65.5 Å². The van der Waals surface area contributed by atoms with Crippen LogP contribution in [-0.4, -0.2) is 40.3 Å². The number of hydrogen-bond donors (Lipinski definition) is 3. The van der Waals surface area contributed by atoms with Crippen LogP contribution in [0.2, 0.25) is 0 Å². The Bertz CT molecular complexity index is 1700. The van der Waals surface area contributed by atoms with Gasteiger partial charge < -0.3 is 15.7 Å². The molecule has 13 heteroatoms. The molecular weight excluding hydrogens is 534 g/mol. The van der Waals surface area contributed by atoms with E-state index in [2.05, 4.69) is 15.6 Å². The number of carboxylic acid groups (broad SMARTS) is 1. The van der Waals surface area contributed by atoms with E-state index in [1.807, 2.05) is 0 Å². The first kappa shape index (κ1) is 26.7. The smallest absolute Gasteiger partial charge is 0.416 e. The summed E-state index contributed by atoms with van der Waals surface area (Å²) in [6.07, 6.45) is -4.69. The second-order valence-electron chi connectivity index (χ2n) is 9.24. The lowest BCUT2D eigenvalue weighted by Gasteiger charge is -2.29. The monoisotopic (exact) mass is 555 g/mol. The molecule has 1 unspecified atom stereocenters. The molecule has 4 aromatic rings. The number of nitrogens with zero attached hydrogens (tertiary/aromatic N) is 3. The summed E-state index contributed by atoms with van der Waals surface area (Å²) in [5, 5.41) is 15.2. The van der Waals surface area contributed by atoms with Crippen LogP contribution < -0.4 is 21.2 Å². The number of halogens is 4. The maximum atomic E-state index is 14.1. The van der Waals surface area contributed by atoms with Crippen LogP contribution in [0.3, 0.4) is 0 Å². The highest BCUT2D eigenvalue weighted by Crippen LogP contribution is 2.33. The van der Waals surface area contributed by atoms with E-state index in [0.29, 0.717) is 48.2 Å². The number of aromatic nitrogens is 2. The number of aromatic carboxylic acids is 1. The van der Waals surface area contributed by atoms with Gasteiger partial charge in [0.25, 0.3) is 0 Å². The lowest BCUT2D eigenvalue weighted by atomic mass is 9.96. The Hall–Kier alpha value is -4.94. The first-order chi connectivity index (χ1) is 18.9. The van der Waals surface area contributed by atoms with Crippen molar-refractivity contribution in [2.24, 2.45) is 0 Å². The quantitative estimate of drug-likeness (QED) is 0.301. The molecule has 3 aromatic carbocycles. The molecule has 5 rings (SSSR count). The summed E-state index contributed by atoms with van der Waals surface area (Å²) in [5.74, 6) is -1.73. The van der Waals surface area contributed by atoms with E-state index < -0.39 is 40.9 Å². The van der Waals surface area contributed by atoms with Gasteiger partial charge >= 0.3 is 23.9 Å². The van der Waals surface area contributed by atoms with E-state index in [4.69, 9.17) is 0 Å². The van der Waals surface area contributed by atoms with Gasteiger partial charge in [0.05, 0.1) is 22.3 Å².